The lowest BCUT2D eigenvalue weighted by atomic mass is 10.0. The maximum Gasteiger partial charge on any atom is 0.107 e. The van der Waals surface area contributed by atoms with Crippen molar-refractivity contribution in [1.82, 2.24) is 0 Å². The smallest absolute Gasteiger partial charge is 0.107 e. The van der Waals surface area contributed by atoms with Gasteiger partial charge in [0.15, 0.2) is 0 Å². The monoisotopic (exact) mass is 181 g/mol. The number of hydrogen-bond acceptors (Lipinski definition) is 3. The Bertz CT molecular complexity index is 317. The summed E-state index contributed by atoms with van der Waals surface area (Å²) in [7, 11) is 0. The zero-order valence-electron chi connectivity index (χ0n) is 7.84. The van der Waals surface area contributed by atoms with Gasteiger partial charge in [0.1, 0.15) is 11.5 Å². The topological polar surface area (TPSA) is 59.4 Å². The Kier molecular flexibility index (Phi) is 2.14. The molecule has 3 heteroatoms. The highest BCUT2D eigenvalue weighted by molar-refractivity contribution is 5.38. The van der Waals surface area contributed by atoms with Crippen molar-refractivity contribution in [3.8, 4) is 0 Å². The molecule has 1 aromatic heterocycles. The van der Waals surface area contributed by atoms with Crippen molar-refractivity contribution in [3.63, 3.8) is 0 Å². The number of aliphatic hydroxyl groups excluding tert-OH is 1. The molecule has 1 aromatic rings. The molecule has 1 aliphatic carbocycles. The van der Waals surface area contributed by atoms with Crippen molar-refractivity contribution in [2.45, 2.75) is 32.2 Å². The van der Waals surface area contributed by atoms with Crippen LogP contribution in [0.2, 0.25) is 0 Å². The number of hydrogen-bond donors (Lipinski definition) is 2. The SMILES string of the molecule is Cc1oc2c(c1C(N)CO)CCC2. The summed E-state index contributed by atoms with van der Waals surface area (Å²) >= 11 is 0. The number of furan rings is 1. The van der Waals surface area contributed by atoms with Crippen molar-refractivity contribution in [1.29, 1.82) is 0 Å². The fourth-order valence-electron chi connectivity index (χ4n) is 2.14. The van der Waals surface area contributed by atoms with Crippen molar-refractivity contribution < 1.29 is 9.52 Å². The van der Waals surface area contributed by atoms with Crippen LogP contribution < -0.4 is 5.73 Å². The molecule has 0 fully saturated rings. The van der Waals surface area contributed by atoms with Gasteiger partial charge in [-0.25, -0.2) is 0 Å². The average Bonchev–Trinajstić information content (AvgIpc) is 2.62. The normalized spacial score (nSPS) is 17.5. The van der Waals surface area contributed by atoms with Gasteiger partial charge in [0.2, 0.25) is 0 Å². The molecule has 72 valence electrons. The van der Waals surface area contributed by atoms with Crippen LogP contribution >= 0.6 is 0 Å². The van der Waals surface area contributed by atoms with Gasteiger partial charge in [-0.15, -0.1) is 0 Å². The van der Waals surface area contributed by atoms with Crippen molar-refractivity contribution in [3.05, 3.63) is 22.6 Å². The summed E-state index contributed by atoms with van der Waals surface area (Å²) in [6.07, 6.45) is 3.23. The van der Waals surface area contributed by atoms with Crippen LogP contribution in [0.15, 0.2) is 4.42 Å². The molecule has 0 radical (unpaired) electrons. The van der Waals surface area contributed by atoms with E-state index in [-0.39, 0.29) is 12.6 Å². The minimum Gasteiger partial charge on any atom is -0.466 e. The Morgan fingerprint density at radius 2 is 2.31 bits per heavy atom. The molecule has 0 saturated carbocycles. The van der Waals surface area contributed by atoms with E-state index in [2.05, 4.69) is 0 Å². The van der Waals surface area contributed by atoms with Gasteiger partial charge >= 0.3 is 0 Å². The van der Waals surface area contributed by atoms with Gasteiger partial charge < -0.3 is 15.3 Å². The molecule has 0 bridgehead atoms. The summed E-state index contributed by atoms with van der Waals surface area (Å²) < 4.78 is 5.59. The third kappa shape index (κ3) is 1.28. The first-order valence-electron chi connectivity index (χ1n) is 4.71. The van der Waals surface area contributed by atoms with Gasteiger partial charge in [0, 0.05) is 12.0 Å². The molecule has 0 saturated heterocycles. The summed E-state index contributed by atoms with van der Waals surface area (Å²) in [5, 5.41) is 9.00. The molecule has 1 unspecified atom stereocenters. The minimum atomic E-state index is -0.273. The van der Waals surface area contributed by atoms with Crippen molar-refractivity contribution in [2.24, 2.45) is 5.73 Å². The molecule has 3 N–H and O–H groups in total. The van der Waals surface area contributed by atoms with Crippen LogP contribution in [0.5, 0.6) is 0 Å². The lowest BCUT2D eigenvalue weighted by molar-refractivity contribution is 0.266. The third-order valence-corrected chi connectivity index (χ3v) is 2.72. The molecule has 1 heterocycles. The first-order valence-corrected chi connectivity index (χ1v) is 4.71. The number of aryl methyl sites for hydroxylation is 2. The predicted molar refractivity (Wildman–Crippen MR) is 49.5 cm³/mol. The highest BCUT2D eigenvalue weighted by Crippen LogP contribution is 2.33. The standard InChI is InChI=1S/C10H15NO2/c1-6-10(8(11)5-12)7-3-2-4-9(7)13-6/h8,12H,2-5,11H2,1H3. The van der Waals surface area contributed by atoms with Crippen molar-refractivity contribution in [2.75, 3.05) is 6.61 Å². The summed E-state index contributed by atoms with van der Waals surface area (Å²) in [4.78, 5) is 0. The molecule has 0 spiro atoms. The fraction of sp³-hybridized carbons (Fsp3) is 0.600. The van der Waals surface area contributed by atoms with Gasteiger partial charge in [-0.05, 0) is 25.3 Å². The van der Waals surface area contributed by atoms with Crippen LogP contribution in [0, 0.1) is 6.92 Å². The second-order valence-corrected chi connectivity index (χ2v) is 3.62. The summed E-state index contributed by atoms with van der Waals surface area (Å²) in [6, 6.07) is -0.273. The van der Waals surface area contributed by atoms with Gasteiger partial charge in [-0.2, -0.15) is 0 Å². The largest absolute Gasteiger partial charge is 0.466 e. The highest BCUT2D eigenvalue weighted by atomic mass is 16.3. The van der Waals surface area contributed by atoms with Crippen LogP contribution in [-0.4, -0.2) is 11.7 Å². The lowest BCUT2D eigenvalue weighted by Crippen LogP contribution is -2.16. The van der Waals surface area contributed by atoms with Crippen LogP contribution in [0.25, 0.3) is 0 Å². The van der Waals surface area contributed by atoms with E-state index in [0.29, 0.717) is 0 Å². The van der Waals surface area contributed by atoms with E-state index in [9.17, 15) is 0 Å². The van der Waals surface area contributed by atoms with Gasteiger partial charge in [0.25, 0.3) is 0 Å². The van der Waals surface area contributed by atoms with E-state index < -0.39 is 0 Å². The van der Waals surface area contributed by atoms with Gasteiger partial charge in [-0.3, -0.25) is 0 Å². The van der Waals surface area contributed by atoms with Crippen LogP contribution in [0.3, 0.4) is 0 Å². The highest BCUT2D eigenvalue weighted by Gasteiger charge is 2.24. The summed E-state index contributed by atoms with van der Waals surface area (Å²) in [5.41, 5.74) is 8.09. The maximum absolute atomic E-state index is 9.00. The predicted octanol–water partition coefficient (Wildman–Crippen LogP) is 1.07. The van der Waals surface area contributed by atoms with Gasteiger partial charge in [-0.1, -0.05) is 0 Å². The van der Waals surface area contributed by atoms with E-state index in [0.717, 1.165) is 36.3 Å². The van der Waals surface area contributed by atoms with E-state index in [1.807, 2.05) is 6.92 Å². The zero-order chi connectivity index (χ0) is 9.42. The molecule has 0 aliphatic heterocycles. The molecule has 0 aromatic carbocycles. The number of rotatable bonds is 2. The lowest BCUT2D eigenvalue weighted by Gasteiger charge is -2.08. The Balaban J connectivity index is 2.43. The Hall–Kier alpha value is -0.800. The quantitative estimate of drug-likeness (QED) is 0.717. The third-order valence-electron chi connectivity index (χ3n) is 2.72. The average molecular weight is 181 g/mol. The van der Waals surface area contributed by atoms with Crippen LogP contribution in [0.4, 0.5) is 0 Å². The van der Waals surface area contributed by atoms with Crippen LogP contribution in [0.1, 0.15) is 35.1 Å². The van der Waals surface area contributed by atoms with E-state index in [1.165, 1.54) is 5.56 Å². The van der Waals surface area contributed by atoms with Gasteiger partial charge in [0.05, 0.1) is 12.6 Å². The minimum absolute atomic E-state index is 0.00713. The zero-order valence-corrected chi connectivity index (χ0v) is 7.84. The summed E-state index contributed by atoms with van der Waals surface area (Å²) in [5.74, 6) is 1.96. The number of aliphatic hydroxyl groups is 1. The Morgan fingerprint density at radius 1 is 1.54 bits per heavy atom. The Labute approximate surface area is 77.5 Å². The molecular formula is C10H15NO2. The molecule has 13 heavy (non-hydrogen) atoms. The van der Waals surface area contributed by atoms with E-state index in [4.69, 9.17) is 15.3 Å². The molecule has 0 amide bonds. The second kappa shape index (κ2) is 3.16. The fourth-order valence-corrected chi connectivity index (χ4v) is 2.14. The maximum atomic E-state index is 9.00. The van der Waals surface area contributed by atoms with Crippen molar-refractivity contribution >= 4 is 0 Å². The summed E-state index contributed by atoms with van der Waals surface area (Å²) in [6.45, 7) is 1.91. The Morgan fingerprint density at radius 3 is 3.00 bits per heavy atom. The molecule has 1 aliphatic rings. The molecule has 2 rings (SSSR count). The number of fused-ring (bicyclic) bond motifs is 1. The van der Waals surface area contributed by atoms with Crippen LogP contribution in [-0.2, 0) is 12.8 Å². The molecule has 1 atom stereocenters. The van der Waals surface area contributed by atoms with E-state index >= 15 is 0 Å². The van der Waals surface area contributed by atoms with E-state index in [1.54, 1.807) is 0 Å². The molecule has 3 nitrogen and oxygen atoms in total. The first kappa shape index (κ1) is 8.78. The number of nitrogens with two attached hydrogens (primary N) is 1. The second-order valence-electron chi connectivity index (χ2n) is 3.62. The molecular weight excluding hydrogens is 166 g/mol. The first-order chi connectivity index (χ1) is 6.24.